The fourth-order valence-corrected chi connectivity index (χ4v) is 2.94. The number of nitrogens with zero attached hydrogens (tertiary/aromatic N) is 1. The third-order valence-corrected chi connectivity index (χ3v) is 4.25. The molecule has 1 amide bonds. The summed E-state index contributed by atoms with van der Waals surface area (Å²) in [4.78, 5) is 15.5. The molecule has 0 aliphatic carbocycles. The smallest absolute Gasteiger partial charge is 0.287 e. The maximum absolute atomic E-state index is 12.4. The van der Waals surface area contributed by atoms with Gasteiger partial charge in [-0.1, -0.05) is 0 Å². The van der Waals surface area contributed by atoms with Crippen molar-refractivity contribution in [2.75, 3.05) is 27.9 Å². The van der Waals surface area contributed by atoms with E-state index < -0.39 is 0 Å². The van der Waals surface area contributed by atoms with Crippen molar-refractivity contribution < 1.29 is 23.7 Å². The van der Waals surface area contributed by atoms with Crippen LogP contribution in [0.3, 0.4) is 0 Å². The number of hydrogen-bond donors (Lipinski definition) is 2. The molecule has 1 aromatic heterocycles. The minimum Gasteiger partial charge on any atom is -0.494 e. The van der Waals surface area contributed by atoms with Crippen molar-refractivity contribution >= 4 is 23.0 Å². The van der Waals surface area contributed by atoms with Gasteiger partial charge in [-0.2, -0.15) is 5.10 Å². The molecule has 8 heteroatoms. The van der Waals surface area contributed by atoms with Gasteiger partial charge in [-0.3, -0.25) is 4.79 Å². The fraction of sp³-hybridized carbons (Fsp3) is 0.238. The van der Waals surface area contributed by atoms with Crippen LogP contribution in [0.15, 0.2) is 41.5 Å². The summed E-state index contributed by atoms with van der Waals surface area (Å²) in [7, 11) is 4.59. The summed E-state index contributed by atoms with van der Waals surface area (Å²) >= 11 is 0. The van der Waals surface area contributed by atoms with Crippen LogP contribution in [0.1, 0.15) is 23.0 Å². The number of benzene rings is 2. The van der Waals surface area contributed by atoms with Crippen molar-refractivity contribution in [1.29, 1.82) is 0 Å². The number of hydrazone groups is 1. The zero-order valence-electron chi connectivity index (χ0n) is 16.7. The number of fused-ring (bicyclic) bond motifs is 1. The second kappa shape index (κ2) is 9.01. The average molecular weight is 397 g/mol. The van der Waals surface area contributed by atoms with Crippen molar-refractivity contribution in [3.05, 3.63) is 47.7 Å². The number of aromatic amines is 1. The lowest BCUT2D eigenvalue weighted by atomic mass is 10.2. The number of amides is 1. The lowest BCUT2D eigenvalue weighted by Crippen LogP contribution is -2.18. The first kappa shape index (κ1) is 20.1. The third-order valence-electron chi connectivity index (χ3n) is 4.25. The van der Waals surface area contributed by atoms with Crippen molar-refractivity contribution in [2.24, 2.45) is 5.10 Å². The molecule has 3 aromatic rings. The Balaban J connectivity index is 1.77. The number of methoxy groups -OCH3 is 3. The largest absolute Gasteiger partial charge is 0.494 e. The SMILES string of the molecule is CCOc1ccc2[nH]c(C(=O)N/N=C/c3ccc(OC)c(OC)c3OC)cc2c1. The highest BCUT2D eigenvalue weighted by Crippen LogP contribution is 2.38. The Morgan fingerprint density at radius 2 is 1.86 bits per heavy atom. The Bertz CT molecular complexity index is 1040. The highest BCUT2D eigenvalue weighted by atomic mass is 16.5. The molecular weight excluding hydrogens is 374 g/mol. The van der Waals surface area contributed by atoms with E-state index in [1.165, 1.54) is 20.4 Å². The van der Waals surface area contributed by atoms with Gasteiger partial charge < -0.3 is 23.9 Å². The van der Waals surface area contributed by atoms with E-state index in [9.17, 15) is 4.79 Å². The van der Waals surface area contributed by atoms with Crippen molar-refractivity contribution in [1.82, 2.24) is 10.4 Å². The number of hydrogen-bond acceptors (Lipinski definition) is 6. The maximum atomic E-state index is 12.4. The Morgan fingerprint density at radius 1 is 1.07 bits per heavy atom. The number of aromatic nitrogens is 1. The van der Waals surface area contributed by atoms with Gasteiger partial charge in [0.2, 0.25) is 5.75 Å². The van der Waals surface area contributed by atoms with Crippen molar-refractivity contribution in [3.63, 3.8) is 0 Å². The molecule has 0 radical (unpaired) electrons. The molecule has 0 atom stereocenters. The zero-order chi connectivity index (χ0) is 20.8. The molecule has 0 fully saturated rings. The van der Waals surface area contributed by atoms with Crippen LogP contribution in [-0.2, 0) is 0 Å². The Labute approximate surface area is 168 Å². The first-order valence-corrected chi connectivity index (χ1v) is 8.99. The lowest BCUT2D eigenvalue weighted by molar-refractivity contribution is 0.0951. The van der Waals surface area contributed by atoms with Crippen LogP contribution >= 0.6 is 0 Å². The molecule has 0 saturated heterocycles. The minimum atomic E-state index is -0.366. The molecule has 0 aliphatic heterocycles. The maximum Gasteiger partial charge on any atom is 0.287 e. The highest BCUT2D eigenvalue weighted by Gasteiger charge is 2.15. The number of H-pyrrole nitrogens is 1. The van der Waals surface area contributed by atoms with Gasteiger partial charge in [-0.15, -0.1) is 0 Å². The van der Waals surface area contributed by atoms with E-state index in [0.29, 0.717) is 35.1 Å². The molecule has 0 aliphatic rings. The number of nitrogens with one attached hydrogen (secondary N) is 2. The summed E-state index contributed by atoms with van der Waals surface area (Å²) in [6.45, 7) is 2.50. The van der Waals surface area contributed by atoms with Crippen LogP contribution in [0.25, 0.3) is 10.9 Å². The van der Waals surface area contributed by atoms with Crippen LogP contribution in [0.5, 0.6) is 23.0 Å². The topological polar surface area (TPSA) is 94.2 Å². The summed E-state index contributed by atoms with van der Waals surface area (Å²) in [5.74, 6) is 1.83. The Kier molecular flexibility index (Phi) is 6.23. The monoisotopic (exact) mass is 397 g/mol. The second-order valence-electron chi connectivity index (χ2n) is 5.99. The van der Waals surface area contributed by atoms with Gasteiger partial charge in [0.1, 0.15) is 11.4 Å². The van der Waals surface area contributed by atoms with E-state index in [-0.39, 0.29) is 5.91 Å². The molecule has 8 nitrogen and oxygen atoms in total. The van der Waals surface area contributed by atoms with Gasteiger partial charge in [-0.05, 0) is 43.3 Å². The normalized spacial score (nSPS) is 10.9. The molecule has 2 N–H and O–H groups in total. The number of rotatable bonds is 8. The molecule has 3 rings (SSSR count). The van der Waals surface area contributed by atoms with Gasteiger partial charge >= 0.3 is 0 Å². The van der Waals surface area contributed by atoms with Crippen molar-refractivity contribution in [3.8, 4) is 23.0 Å². The molecule has 0 spiro atoms. The van der Waals surface area contributed by atoms with Crippen LogP contribution in [0, 0.1) is 0 Å². The highest BCUT2D eigenvalue weighted by molar-refractivity contribution is 5.98. The zero-order valence-corrected chi connectivity index (χ0v) is 16.7. The lowest BCUT2D eigenvalue weighted by Gasteiger charge is -2.13. The van der Waals surface area contributed by atoms with E-state index in [1.807, 2.05) is 25.1 Å². The Morgan fingerprint density at radius 3 is 2.55 bits per heavy atom. The summed E-state index contributed by atoms with van der Waals surface area (Å²) in [5.41, 5.74) is 4.36. The molecule has 1 heterocycles. The van der Waals surface area contributed by atoms with E-state index in [4.69, 9.17) is 18.9 Å². The van der Waals surface area contributed by atoms with Gasteiger partial charge in [0.25, 0.3) is 5.91 Å². The summed E-state index contributed by atoms with van der Waals surface area (Å²) < 4.78 is 21.5. The van der Waals surface area contributed by atoms with Gasteiger partial charge in [0.05, 0.1) is 34.2 Å². The van der Waals surface area contributed by atoms with Gasteiger partial charge in [0.15, 0.2) is 11.5 Å². The van der Waals surface area contributed by atoms with E-state index in [1.54, 1.807) is 25.3 Å². The second-order valence-corrected chi connectivity index (χ2v) is 5.99. The number of carbonyl (C=O) groups is 1. The molecule has 2 aromatic carbocycles. The van der Waals surface area contributed by atoms with E-state index in [2.05, 4.69) is 15.5 Å². The molecular formula is C21H23N3O5. The summed E-state index contributed by atoms with van der Waals surface area (Å²) in [5, 5.41) is 4.91. The quantitative estimate of drug-likeness (QED) is 0.449. The average Bonchev–Trinajstić information content (AvgIpc) is 3.16. The molecule has 152 valence electrons. The van der Waals surface area contributed by atoms with Crippen molar-refractivity contribution in [2.45, 2.75) is 6.92 Å². The predicted octanol–water partition coefficient (Wildman–Crippen LogP) is 3.36. The Hall–Kier alpha value is -3.68. The molecule has 29 heavy (non-hydrogen) atoms. The van der Waals surface area contributed by atoms with Crippen LogP contribution in [0.4, 0.5) is 0 Å². The summed E-state index contributed by atoms with van der Waals surface area (Å²) in [6, 6.07) is 10.8. The minimum absolute atomic E-state index is 0.366. The van der Waals surface area contributed by atoms with Gasteiger partial charge in [0, 0.05) is 16.5 Å². The first-order chi connectivity index (χ1) is 14.1. The third kappa shape index (κ3) is 4.26. The standard InChI is InChI=1S/C21H23N3O5/c1-5-29-15-7-8-16-14(10-15)11-17(23-16)21(25)24-22-12-13-6-9-18(26-2)20(28-4)19(13)27-3/h6-12,23H,5H2,1-4H3,(H,24,25)/b22-12+. The molecule has 0 bridgehead atoms. The number of carbonyl (C=O) groups excluding carboxylic acids is 1. The van der Waals surface area contributed by atoms with Crippen LogP contribution in [-0.4, -0.2) is 45.0 Å². The first-order valence-electron chi connectivity index (χ1n) is 8.99. The predicted molar refractivity (Wildman–Crippen MR) is 111 cm³/mol. The van der Waals surface area contributed by atoms with Crippen LogP contribution < -0.4 is 24.4 Å². The van der Waals surface area contributed by atoms with Gasteiger partial charge in [-0.25, -0.2) is 5.43 Å². The fourth-order valence-electron chi connectivity index (χ4n) is 2.94. The number of ether oxygens (including phenoxy) is 4. The molecule has 0 saturated carbocycles. The van der Waals surface area contributed by atoms with Crippen LogP contribution in [0.2, 0.25) is 0 Å². The van der Waals surface area contributed by atoms with E-state index in [0.717, 1.165) is 16.7 Å². The molecule has 0 unspecified atom stereocenters. The summed E-state index contributed by atoms with van der Waals surface area (Å²) in [6.07, 6.45) is 1.48. The van der Waals surface area contributed by atoms with E-state index >= 15 is 0 Å².